The molecule has 0 aliphatic carbocycles. The molecule has 0 fully saturated rings. The average Bonchev–Trinajstić information content (AvgIpc) is 2.88. The lowest BCUT2D eigenvalue weighted by Crippen LogP contribution is -2.17. The van der Waals surface area contributed by atoms with Crippen LogP contribution < -0.4 is 5.73 Å². The largest absolute Gasteiger partial charge is 0.464 e. The highest BCUT2D eigenvalue weighted by Crippen LogP contribution is 2.44. The zero-order valence-electron chi connectivity index (χ0n) is 12.8. The first-order valence-corrected chi connectivity index (χ1v) is 7.37. The van der Waals surface area contributed by atoms with Crippen LogP contribution in [-0.2, 0) is 10.9 Å². The molecule has 2 rings (SSSR count). The van der Waals surface area contributed by atoms with Gasteiger partial charge in [0.05, 0.1) is 23.3 Å². The van der Waals surface area contributed by atoms with Gasteiger partial charge in [-0.15, -0.1) is 0 Å². The Balaban J connectivity index is 3.06. The predicted molar refractivity (Wildman–Crippen MR) is 85.6 cm³/mol. The number of carbonyl (C=O) groups excluding carboxylic acids is 1. The number of nitrogen functional groups attached to an aromatic ring is 1. The molecule has 0 unspecified atom stereocenters. The van der Waals surface area contributed by atoms with Crippen molar-refractivity contribution in [2.45, 2.75) is 6.18 Å². The Morgan fingerprint density at radius 1 is 1.46 bits per heavy atom. The molecule has 0 atom stereocenters. The molecule has 0 saturated carbocycles. The summed E-state index contributed by atoms with van der Waals surface area (Å²) in [7, 11) is 0.950. The van der Waals surface area contributed by atoms with E-state index in [2.05, 4.69) is 20.7 Å². The van der Waals surface area contributed by atoms with Gasteiger partial charge >= 0.3 is 12.1 Å². The Morgan fingerprint density at radius 2 is 2.08 bits per heavy atom. The maximum atomic E-state index is 13.6. The molecule has 2 N–H and O–H groups in total. The first kappa shape index (κ1) is 19.3. The number of carbonyl (C=O) groups is 1. The Morgan fingerprint density at radius 3 is 2.54 bits per heavy atom. The van der Waals surface area contributed by atoms with Crippen LogP contribution in [0.3, 0.4) is 0 Å². The number of alkyl halides is 3. The number of ether oxygens (including phenoxy) is 1. The summed E-state index contributed by atoms with van der Waals surface area (Å²) < 4.78 is 45.2. The number of benzene rings is 1. The van der Waals surface area contributed by atoms with Crippen molar-refractivity contribution >= 4 is 33.3 Å². The maximum absolute atomic E-state index is 13.6. The molecule has 0 amide bonds. The van der Waals surface area contributed by atoms with Gasteiger partial charge in [0.2, 0.25) is 0 Å². The van der Waals surface area contributed by atoms with Gasteiger partial charge in [-0.05, 0) is 6.07 Å². The van der Waals surface area contributed by atoms with E-state index < -0.39 is 49.9 Å². The quantitative estimate of drug-likeness (QED) is 0.450. The molecule has 136 valence electrons. The van der Waals surface area contributed by atoms with Gasteiger partial charge in [0.25, 0.3) is 5.69 Å². The molecule has 26 heavy (non-hydrogen) atoms. The van der Waals surface area contributed by atoms with Gasteiger partial charge < -0.3 is 15.0 Å². The summed E-state index contributed by atoms with van der Waals surface area (Å²) in [6, 6.07) is 3.30. The standard InChI is InChI=1S/C14H8BrF3N4O4/c1-26-13(23)12-10(20)6(4-19)5-21(12)11-8(22(24)25)3-2-7(15)9(11)14(16,17)18/h2-3,5H,20H2,1H3. The number of anilines is 1. The van der Waals surface area contributed by atoms with E-state index in [-0.39, 0.29) is 5.56 Å². The Hall–Kier alpha value is -3.07. The average molecular weight is 433 g/mol. The van der Waals surface area contributed by atoms with Crippen molar-refractivity contribution in [1.82, 2.24) is 4.57 Å². The van der Waals surface area contributed by atoms with E-state index in [4.69, 9.17) is 11.0 Å². The molecule has 1 aromatic heterocycles. The van der Waals surface area contributed by atoms with Crippen molar-refractivity contribution in [2.24, 2.45) is 0 Å². The van der Waals surface area contributed by atoms with E-state index in [1.165, 1.54) is 0 Å². The minimum Gasteiger partial charge on any atom is -0.464 e. The van der Waals surface area contributed by atoms with Crippen molar-refractivity contribution in [3.8, 4) is 11.8 Å². The van der Waals surface area contributed by atoms with Crippen LogP contribution in [0.2, 0.25) is 0 Å². The van der Waals surface area contributed by atoms with Crippen molar-refractivity contribution in [3.05, 3.63) is 49.7 Å². The lowest BCUT2D eigenvalue weighted by molar-refractivity contribution is -0.384. The molecule has 0 aliphatic rings. The molecule has 0 spiro atoms. The van der Waals surface area contributed by atoms with Crippen molar-refractivity contribution in [1.29, 1.82) is 5.26 Å². The van der Waals surface area contributed by atoms with Gasteiger partial charge in [0, 0.05) is 16.7 Å². The number of nitro benzene ring substituents is 1. The molecular formula is C14H8BrF3N4O4. The summed E-state index contributed by atoms with van der Waals surface area (Å²) in [5, 5.41) is 20.4. The summed E-state index contributed by atoms with van der Waals surface area (Å²) in [4.78, 5) is 22.2. The second-order valence-electron chi connectivity index (χ2n) is 4.82. The van der Waals surface area contributed by atoms with Crippen LogP contribution in [0.5, 0.6) is 0 Å². The second kappa shape index (κ2) is 6.68. The van der Waals surface area contributed by atoms with Gasteiger partial charge in [-0.2, -0.15) is 18.4 Å². The van der Waals surface area contributed by atoms with Gasteiger partial charge in [-0.25, -0.2) is 4.79 Å². The van der Waals surface area contributed by atoms with Crippen LogP contribution in [0.4, 0.5) is 24.5 Å². The highest BCUT2D eigenvalue weighted by molar-refractivity contribution is 9.10. The van der Waals surface area contributed by atoms with E-state index in [1.54, 1.807) is 6.07 Å². The minimum atomic E-state index is -5.01. The number of hydrogen-bond donors (Lipinski definition) is 1. The third-order valence-corrected chi connectivity index (χ3v) is 4.03. The molecule has 2 aromatic rings. The maximum Gasteiger partial charge on any atom is 0.419 e. The number of methoxy groups -OCH3 is 1. The van der Waals surface area contributed by atoms with Gasteiger partial charge in [-0.3, -0.25) is 10.1 Å². The normalized spacial score (nSPS) is 11.1. The third-order valence-electron chi connectivity index (χ3n) is 3.37. The molecule has 0 saturated heterocycles. The highest BCUT2D eigenvalue weighted by atomic mass is 79.9. The van der Waals surface area contributed by atoms with Crippen molar-refractivity contribution in [2.75, 3.05) is 12.8 Å². The van der Waals surface area contributed by atoms with Crippen molar-refractivity contribution < 1.29 is 27.6 Å². The Bertz CT molecular complexity index is 963. The lowest BCUT2D eigenvalue weighted by Gasteiger charge is -2.17. The first-order chi connectivity index (χ1) is 12.0. The number of aromatic nitrogens is 1. The van der Waals surface area contributed by atoms with Gasteiger partial charge in [0.15, 0.2) is 5.69 Å². The van der Waals surface area contributed by atoms with E-state index >= 15 is 0 Å². The zero-order chi connectivity index (χ0) is 19.8. The van der Waals surface area contributed by atoms with Crippen molar-refractivity contribution in [3.63, 3.8) is 0 Å². The number of halogens is 4. The van der Waals surface area contributed by atoms with Crippen LogP contribution in [0.1, 0.15) is 21.6 Å². The minimum absolute atomic E-state index is 0.340. The van der Waals surface area contributed by atoms with E-state index in [9.17, 15) is 28.1 Å². The Kier molecular flexibility index (Phi) is 4.95. The molecule has 8 nitrogen and oxygen atoms in total. The summed E-state index contributed by atoms with van der Waals surface area (Å²) in [5.41, 5.74) is 0.906. The number of rotatable bonds is 3. The smallest absolute Gasteiger partial charge is 0.419 e. The topological polar surface area (TPSA) is 124 Å². The predicted octanol–water partition coefficient (Wildman–Crippen LogP) is 3.41. The molecule has 1 heterocycles. The lowest BCUT2D eigenvalue weighted by atomic mass is 10.1. The summed E-state index contributed by atoms with van der Waals surface area (Å²) in [5.74, 6) is -1.16. The fraction of sp³-hybridized carbons (Fsp3) is 0.143. The highest BCUT2D eigenvalue weighted by Gasteiger charge is 2.41. The Labute approximate surface area is 151 Å². The zero-order valence-corrected chi connectivity index (χ0v) is 14.4. The molecular weight excluding hydrogens is 425 g/mol. The first-order valence-electron chi connectivity index (χ1n) is 6.58. The fourth-order valence-corrected chi connectivity index (χ4v) is 2.85. The molecule has 0 bridgehead atoms. The van der Waals surface area contributed by atoms with Crippen LogP contribution >= 0.6 is 15.9 Å². The van der Waals surface area contributed by atoms with Crippen LogP contribution in [-0.4, -0.2) is 22.6 Å². The number of nitro groups is 1. The number of nitrogens with zero attached hydrogens (tertiary/aromatic N) is 3. The summed E-state index contributed by atoms with van der Waals surface area (Å²) >= 11 is 2.72. The number of nitriles is 1. The van der Waals surface area contributed by atoms with E-state index in [1.807, 2.05) is 0 Å². The summed E-state index contributed by atoms with van der Waals surface area (Å²) in [6.07, 6.45) is -4.20. The monoisotopic (exact) mass is 432 g/mol. The summed E-state index contributed by atoms with van der Waals surface area (Å²) in [6.45, 7) is 0. The number of esters is 1. The van der Waals surface area contributed by atoms with Gasteiger partial charge in [-0.1, -0.05) is 15.9 Å². The van der Waals surface area contributed by atoms with E-state index in [0.717, 1.165) is 25.4 Å². The number of hydrogen-bond acceptors (Lipinski definition) is 6. The molecule has 1 aromatic carbocycles. The molecule has 12 heteroatoms. The molecule has 0 aliphatic heterocycles. The second-order valence-corrected chi connectivity index (χ2v) is 5.68. The third kappa shape index (κ3) is 3.08. The van der Waals surface area contributed by atoms with Crippen LogP contribution in [0.15, 0.2) is 22.8 Å². The number of nitrogens with two attached hydrogens (primary N) is 1. The SMILES string of the molecule is COC(=O)c1c(N)c(C#N)cn1-c1c([N+](=O)[O-])ccc(Br)c1C(F)(F)F. The van der Waals surface area contributed by atoms with Crippen LogP contribution in [0.25, 0.3) is 5.69 Å². The molecule has 0 radical (unpaired) electrons. The van der Waals surface area contributed by atoms with Crippen LogP contribution in [0, 0.1) is 21.4 Å². The van der Waals surface area contributed by atoms with E-state index in [0.29, 0.717) is 4.57 Å². The fourth-order valence-electron chi connectivity index (χ4n) is 2.31. The van der Waals surface area contributed by atoms with Gasteiger partial charge in [0.1, 0.15) is 17.3 Å².